The zero-order valence-corrected chi connectivity index (χ0v) is 11.1. The van der Waals surface area contributed by atoms with Crippen molar-refractivity contribution in [1.82, 2.24) is 0 Å². The van der Waals surface area contributed by atoms with E-state index in [1.165, 1.54) is 18.2 Å². The highest BCUT2D eigenvalue weighted by Gasteiger charge is 2.08. The number of hydrogen-bond acceptors (Lipinski definition) is 4. The lowest BCUT2D eigenvalue weighted by atomic mass is 10.2. The average molecular weight is 275 g/mol. The van der Waals surface area contributed by atoms with Crippen LogP contribution in [0.1, 0.15) is 10.4 Å². The van der Waals surface area contributed by atoms with Gasteiger partial charge in [0.05, 0.1) is 11.3 Å². The first-order valence-electron chi connectivity index (χ1n) is 5.55. The quantitative estimate of drug-likeness (QED) is 0.660. The summed E-state index contributed by atoms with van der Waals surface area (Å²) in [6, 6.07) is 11.9. The number of carbonyl (C=O) groups is 1. The van der Waals surface area contributed by atoms with E-state index in [1.54, 1.807) is 11.8 Å². The second-order valence-corrected chi connectivity index (χ2v) is 4.72. The summed E-state index contributed by atoms with van der Waals surface area (Å²) in [5, 5.41) is 8.94. The van der Waals surface area contributed by atoms with Gasteiger partial charge in [-0.2, -0.15) is 0 Å². The first-order chi connectivity index (χ1) is 9.10. The lowest BCUT2D eigenvalue weighted by molar-refractivity contribution is 0.0696. The van der Waals surface area contributed by atoms with Crippen LogP contribution < -0.4 is 10.5 Å². The van der Waals surface area contributed by atoms with Gasteiger partial charge >= 0.3 is 5.97 Å². The zero-order valence-electron chi connectivity index (χ0n) is 10.3. The van der Waals surface area contributed by atoms with Gasteiger partial charge in [-0.1, -0.05) is 0 Å². The normalized spacial score (nSPS) is 10.2. The predicted molar refractivity (Wildman–Crippen MR) is 76.1 cm³/mol. The van der Waals surface area contributed by atoms with Gasteiger partial charge in [0.2, 0.25) is 0 Å². The fraction of sp³-hybridized carbons (Fsp3) is 0.0714. The van der Waals surface area contributed by atoms with E-state index < -0.39 is 5.97 Å². The molecule has 0 aliphatic carbocycles. The lowest BCUT2D eigenvalue weighted by Crippen LogP contribution is -1.99. The van der Waals surface area contributed by atoms with E-state index in [4.69, 9.17) is 15.6 Å². The first kappa shape index (κ1) is 13.3. The molecule has 98 valence electrons. The molecule has 4 nitrogen and oxygen atoms in total. The monoisotopic (exact) mass is 275 g/mol. The average Bonchev–Trinajstić information content (AvgIpc) is 2.42. The van der Waals surface area contributed by atoms with Gasteiger partial charge in [-0.15, -0.1) is 11.8 Å². The topological polar surface area (TPSA) is 72.5 Å². The Hall–Kier alpha value is -2.14. The Balaban J connectivity index is 2.26. The van der Waals surface area contributed by atoms with Crippen LogP contribution in [0.15, 0.2) is 47.4 Å². The van der Waals surface area contributed by atoms with Crippen LogP contribution in [-0.2, 0) is 0 Å². The smallest absolute Gasteiger partial charge is 0.335 e. The summed E-state index contributed by atoms with van der Waals surface area (Å²) in [5.74, 6) is -0.0496. The van der Waals surface area contributed by atoms with Crippen LogP contribution in [0.2, 0.25) is 0 Å². The van der Waals surface area contributed by atoms with Crippen molar-refractivity contribution >= 4 is 23.4 Å². The summed E-state index contributed by atoms with van der Waals surface area (Å²) < 4.78 is 5.60. The van der Waals surface area contributed by atoms with Crippen molar-refractivity contribution in [3.8, 4) is 11.5 Å². The molecule has 2 aromatic carbocycles. The molecule has 0 unspecified atom stereocenters. The molecule has 0 saturated heterocycles. The standard InChI is InChI=1S/C14H13NO3S/c1-19-11-5-3-10(4-6-11)18-13-8-9(14(16)17)2-7-12(13)15/h2-8H,15H2,1H3,(H,16,17). The van der Waals surface area contributed by atoms with Crippen molar-refractivity contribution in [2.24, 2.45) is 0 Å². The van der Waals surface area contributed by atoms with Crippen molar-refractivity contribution in [2.45, 2.75) is 4.90 Å². The molecular weight excluding hydrogens is 262 g/mol. The summed E-state index contributed by atoms with van der Waals surface area (Å²) in [5.41, 5.74) is 6.32. The van der Waals surface area contributed by atoms with Gasteiger partial charge in [0.25, 0.3) is 0 Å². The Morgan fingerprint density at radius 1 is 1.21 bits per heavy atom. The molecule has 0 aliphatic heterocycles. The number of thioether (sulfide) groups is 1. The molecule has 0 atom stereocenters. The van der Waals surface area contributed by atoms with E-state index >= 15 is 0 Å². The summed E-state index contributed by atoms with van der Waals surface area (Å²) in [4.78, 5) is 12.0. The van der Waals surface area contributed by atoms with E-state index in [0.717, 1.165) is 4.90 Å². The van der Waals surface area contributed by atoms with E-state index in [9.17, 15) is 4.79 Å². The number of ether oxygens (including phenoxy) is 1. The SMILES string of the molecule is CSc1ccc(Oc2cc(C(=O)O)ccc2N)cc1. The first-order valence-corrected chi connectivity index (χ1v) is 6.77. The second-order valence-electron chi connectivity index (χ2n) is 3.84. The maximum absolute atomic E-state index is 10.9. The number of carboxylic acids is 1. The molecule has 19 heavy (non-hydrogen) atoms. The molecule has 0 aromatic heterocycles. The Labute approximate surface area is 115 Å². The van der Waals surface area contributed by atoms with Crippen LogP contribution in [0.3, 0.4) is 0 Å². The van der Waals surface area contributed by atoms with Gasteiger partial charge < -0.3 is 15.6 Å². The maximum atomic E-state index is 10.9. The van der Waals surface area contributed by atoms with Crippen LogP contribution >= 0.6 is 11.8 Å². The van der Waals surface area contributed by atoms with E-state index in [-0.39, 0.29) is 5.56 Å². The molecule has 0 spiro atoms. The number of nitrogen functional groups attached to an aromatic ring is 1. The van der Waals surface area contributed by atoms with E-state index in [1.807, 2.05) is 30.5 Å². The number of hydrogen-bond donors (Lipinski definition) is 2. The van der Waals surface area contributed by atoms with Gasteiger partial charge in [0, 0.05) is 4.90 Å². The van der Waals surface area contributed by atoms with E-state index in [2.05, 4.69) is 0 Å². The summed E-state index contributed by atoms with van der Waals surface area (Å²) in [6.45, 7) is 0. The highest BCUT2D eigenvalue weighted by molar-refractivity contribution is 7.98. The van der Waals surface area contributed by atoms with Gasteiger partial charge in [-0.25, -0.2) is 4.79 Å². The van der Waals surface area contributed by atoms with Crippen LogP contribution in [0, 0.1) is 0 Å². The number of aromatic carboxylic acids is 1. The minimum Gasteiger partial charge on any atom is -0.478 e. The molecule has 0 amide bonds. The Kier molecular flexibility index (Phi) is 3.97. The Bertz CT molecular complexity index is 596. The minimum absolute atomic E-state index is 0.143. The lowest BCUT2D eigenvalue weighted by Gasteiger charge is -2.09. The molecular formula is C14H13NO3S. The summed E-state index contributed by atoms with van der Waals surface area (Å²) in [6.07, 6.45) is 1.99. The minimum atomic E-state index is -1.01. The van der Waals surface area contributed by atoms with Gasteiger partial charge in [-0.05, 0) is 48.7 Å². The number of rotatable bonds is 4. The molecule has 2 aromatic rings. The predicted octanol–water partition coefficient (Wildman–Crippen LogP) is 3.48. The van der Waals surface area contributed by atoms with Crippen LogP contribution in [-0.4, -0.2) is 17.3 Å². The molecule has 0 saturated carbocycles. The fourth-order valence-corrected chi connectivity index (χ4v) is 1.93. The molecule has 0 radical (unpaired) electrons. The van der Waals surface area contributed by atoms with Gasteiger partial charge in [-0.3, -0.25) is 0 Å². The van der Waals surface area contributed by atoms with Crippen LogP contribution in [0.5, 0.6) is 11.5 Å². The molecule has 0 aliphatic rings. The van der Waals surface area contributed by atoms with Crippen molar-refractivity contribution in [3.05, 3.63) is 48.0 Å². The maximum Gasteiger partial charge on any atom is 0.335 e. The van der Waals surface area contributed by atoms with Gasteiger partial charge in [0.1, 0.15) is 5.75 Å². The largest absolute Gasteiger partial charge is 0.478 e. The number of anilines is 1. The van der Waals surface area contributed by atoms with Crippen molar-refractivity contribution < 1.29 is 14.6 Å². The van der Waals surface area contributed by atoms with Crippen molar-refractivity contribution in [1.29, 1.82) is 0 Å². The molecule has 3 N–H and O–H groups in total. The van der Waals surface area contributed by atoms with Crippen LogP contribution in [0.4, 0.5) is 5.69 Å². The summed E-state index contributed by atoms with van der Waals surface area (Å²) in [7, 11) is 0. The van der Waals surface area contributed by atoms with E-state index in [0.29, 0.717) is 17.2 Å². The Morgan fingerprint density at radius 3 is 2.47 bits per heavy atom. The molecule has 0 fully saturated rings. The Morgan fingerprint density at radius 2 is 1.89 bits per heavy atom. The fourth-order valence-electron chi connectivity index (χ4n) is 1.53. The third kappa shape index (κ3) is 3.20. The number of nitrogens with two attached hydrogens (primary N) is 1. The third-order valence-corrected chi connectivity index (χ3v) is 3.29. The zero-order chi connectivity index (χ0) is 13.8. The highest BCUT2D eigenvalue weighted by Crippen LogP contribution is 2.29. The molecule has 5 heteroatoms. The van der Waals surface area contributed by atoms with Gasteiger partial charge in [0.15, 0.2) is 5.75 Å². The third-order valence-electron chi connectivity index (χ3n) is 2.55. The second kappa shape index (κ2) is 5.67. The number of carboxylic acid groups (broad SMARTS) is 1. The van der Waals surface area contributed by atoms with Crippen molar-refractivity contribution in [2.75, 3.05) is 12.0 Å². The summed E-state index contributed by atoms with van der Waals surface area (Å²) >= 11 is 1.64. The van der Waals surface area contributed by atoms with Crippen molar-refractivity contribution in [3.63, 3.8) is 0 Å². The molecule has 0 heterocycles. The number of benzene rings is 2. The van der Waals surface area contributed by atoms with Crippen LogP contribution in [0.25, 0.3) is 0 Å². The molecule has 2 rings (SSSR count). The highest BCUT2D eigenvalue weighted by atomic mass is 32.2. The molecule has 0 bridgehead atoms.